The average molecular weight is 512 g/mol. The highest BCUT2D eigenvalue weighted by molar-refractivity contribution is 5.97. The van der Waals surface area contributed by atoms with Gasteiger partial charge in [-0.2, -0.15) is 10.2 Å². The average Bonchev–Trinajstić information content (AvgIpc) is 3.42. The molecule has 3 amide bonds. The predicted molar refractivity (Wildman–Crippen MR) is 136 cm³/mol. The molecule has 1 aromatic carbocycles. The number of rotatable bonds is 8. The minimum Gasteiger partial charge on any atom is -0.480 e. The van der Waals surface area contributed by atoms with Gasteiger partial charge in [-0.3, -0.25) is 14.9 Å². The molecule has 4 rings (SSSR count). The van der Waals surface area contributed by atoms with Crippen LogP contribution in [0.5, 0.6) is 5.88 Å². The summed E-state index contributed by atoms with van der Waals surface area (Å²) in [6, 6.07) is 10.2. The fourth-order valence-electron chi connectivity index (χ4n) is 4.15. The molecule has 0 aliphatic carbocycles. The number of anilines is 1. The Labute approximate surface area is 213 Å². The number of methoxy groups -OCH3 is 1. The van der Waals surface area contributed by atoms with Crippen LogP contribution in [0.15, 0.2) is 42.6 Å². The minimum atomic E-state index is -0.536. The number of nitrogens with zero attached hydrogens (tertiary/aromatic N) is 4. The van der Waals surface area contributed by atoms with Gasteiger partial charge < -0.3 is 15.4 Å². The maximum Gasteiger partial charge on any atom is 0.320 e. The van der Waals surface area contributed by atoms with Crippen LogP contribution in [0.4, 0.5) is 15.0 Å². The summed E-state index contributed by atoms with van der Waals surface area (Å²) in [6.07, 6.45) is 1.26. The van der Waals surface area contributed by atoms with Gasteiger partial charge in [0, 0.05) is 30.9 Å². The Bertz CT molecular complexity index is 1270. The van der Waals surface area contributed by atoms with Crippen LogP contribution in [0.1, 0.15) is 22.8 Å². The molecular formula is C25H30FN7O4. The van der Waals surface area contributed by atoms with Crippen molar-refractivity contribution in [2.75, 3.05) is 39.2 Å². The molecule has 3 aromatic rings. The Balaban J connectivity index is 1.68. The van der Waals surface area contributed by atoms with Gasteiger partial charge in [0.25, 0.3) is 5.91 Å². The van der Waals surface area contributed by atoms with E-state index in [1.165, 1.54) is 19.2 Å². The van der Waals surface area contributed by atoms with Gasteiger partial charge in [0.05, 0.1) is 37.2 Å². The molecule has 1 saturated heterocycles. The standard InChI is InChI=1S/C25H30FN7O4/c1-15-21(17-12-19(23(34)27-3)24(36-4)28-13-17)31-33(18-8-6-5-7-9-18)22(15)30-25(35)29-20-14-32(11-10-26)37-16(20)2/h5-9,12-13,16,20H,10-11,14H2,1-4H3,(H,27,34)(H2,29,30,35)/t16-,20+/m0/s1. The number of para-hydroxylation sites is 1. The van der Waals surface area contributed by atoms with E-state index in [9.17, 15) is 14.0 Å². The van der Waals surface area contributed by atoms with Crippen molar-refractivity contribution < 1.29 is 23.6 Å². The molecule has 1 fully saturated rings. The number of nitrogens with one attached hydrogen (secondary N) is 3. The first kappa shape index (κ1) is 26.0. The van der Waals surface area contributed by atoms with Crippen molar-refractivity contribution in [3.8, 4) is 22.8 Å². The molecule has 2 aromatic heterocycles. The third-order valence-electron chi connectivity index (χ3n) is 6.08. The first-order chi connectivity index (χ1) is 17.9. The van der Waals surface area contributed by atoms with E-state index in [1.54, 1.807) is 16.9 Å². The minimum absolute atomic E-state index is 0.140. The van der Waals surface area contributed by atoms with E-state index >= 15 is 0 Å². The van der Waals surface area contributed by atoms with Crippen molar-refractivity contribution in [1.82, 2.24) is 30.5 Å². The number of ether oxygens (including phenoxy) is 1. The zero-order chi connectivity index (χ0) is 26.5. The van der Waals surface area contributed by atoms with E-state index in [0.29, 0.717) is 29.2 Å². The Morgan fingerprint density at radius 2 is 2.03 bits per heavy atom. The van der Waals surface area contributed by atoms with E-state index in [4.69, 9.17) is 14.7 Å². The third kappa shape index (κ3) is 5.54. The van der Waals surface area contributed by atoms with Crippen LogP contribution in [0.3, 0.4) is 0 Å². The van der Waals surface area contributed by atoms with Gasteiger partial charge in [-0.05, 0) is 32.0 Å². The molecule has 12 heteroatoms. The van der Waals surface area contributed by atoms with Crippen molar-refractivity contribution in [2.24, 2.45) is 0 Å². The van der Waals surface area contributed by atoms with Crippen molar-refractivity contribution in [2.45, 2.75) is 26.0 Å². The summed E-state index contributed by atoms with van der Waals surface area (Å²) in [7, 11) is 2.97. The molecular weight excluding hydrogens is 481 g/mol. The topological polar surface area (TPSA) is 123 Å². The summed E-state index contributed by atoms with van der Waals surface area (Å²) in [6.45, 7) is 3.63. The lowest BCUT2D eigenvalue weighted by Crippen LogP contribution is -2.44. The maximum absolute atomic E-state index is 13.0. The fraction of sp³-hybridized carbons (Fsp3) is 0.360. The van der Waals surface area contributed by atoms with Gasteiger partial charge in [-0.1, -0.05) is 18.2 Å². The van der Waals surface area contributed by atoms with E-state index in [-0.39, 0.29) is 36.0 Å². The van der Waals surface area contributed by atoms with Gasteiger partial charge in [-0.15, -0.1) is 0 Å². The fourth-order valence-corrected chi connectivity index (χ4v) is 4.15. The Morgan fingerprint density at radius 3 is 2.70 bits per heavy atom. The van der Waals surface area contributed by atoms with Crippen LogP contribution in [0, 0.1) is 6.92 Å². The lowest BCUT2D eigenvalue weighted by molar-refractivity contribution is -0.142. The molecule has 0 radical (unpaired) electrons. The van der Waals surface area contributed by atoms with Crippen molar-refractivity contribution in [3.05, 3.63) is 53.7 Å². The first-order valence-electron chi connectivity index (χ1n) is 11.8. The predicted octanol–water partition coefficient (Wildman–Crippen LogP) is 2.71. The number of benzene rings is 1. The number of aromatic nitrogens is 3. The first-order valence-corrected chi connectivity index (χ1v) is 11.8. The number of alkyl halides is 1. The molecule has 2 atom stereocenters. The monoisotopic (exact) mass is 511 g/mol. The van der Waals surface area contributed by atoms with Crippen LogP contribution in [-0.2, 0) is 4.84 Å². The van der Waals surface area contributed by atoms with Gasteiger partial charge >= 0.3 is 6.03 Å². The number of amides is 3. The summed E-state index contributed by atoms with van der Waals surface area (Å²) < 4.78 is 19.6. The number of hydroxylamine groups is 2. The van der Waals surface area contributed by atoms with E-state index < -0.39 is 12.7 Å². The smallest absolute Gasteiger partial charge is 0.320 e. The molecule has 0 saturated carbocycles. The number of hydrogen-bond donors (Lipinski definition) is 3. The summed E-state index contributed by atoms with van der Waals surface area (Å²) in [4.78, 5) is 35.3. The summed E-state index contributed by atoms with van der Waals surface area (Å²) >= 11 is 0. The van der Waals surface area contributed by atoms with Crippen molar-refractivity contribution in [3.63, 3.8) is 0 Å². The number of pyridine rings is 1. The maximum atomic E-state index is 13.0. The molecule has 0 spiro atoms. The second kappa shape index (κ2) is 11.4. The lowest BCUT2D eigenvalue weighted by atomic mass is 10.1. The van der Waals surface area contributed by atoms with Crippen LogP contribution in [-0.4, -0.2) is 77.8 Å². The second-order valence-corrected chi connectivity index (χ2v) is 8.52. The Hall–Kier alpha value is -4.03. The number of hydrogen-bond acceptors (Lipinski definition) is 7. The molecule has 37 heavy (non-hydrogen) atoms. The highest BCUT2D eigenvalue weighted by Gasteiger charge is 2.32. The molecule has 11 nitrogen and oxygen atoms in total. The van der Waals surface area contributed by atoms with E-state index in [2.05, 4.69) is 20.9 Å². The van der Waals surface area contributed by atoms with Crippen LogP contribution < -0.4 is 20.7 Å². The zero-order valence-electron chi connectivity index (χ0n) is 21.1. The van der Waals surface area contributed by atoms with Crippen LogP contribution >= 0.6 is 0 Å². The summed E-state index contributed by atoms with van der Waals surface area (Å²) in [5, 5.41) is 14.7. The van der Waals surface area contributed by atoms with Gasteiger partial charge in [0.1, 0.15) is 18.1 Å². The van der Waals surface area contributed by atoms with E-state index in [1.807, 2.05) is 44.2 Å². The van der Waals surface area contributed by atoms with Crippen molar-refractivity contribution >= 4 is 17.8 Å². The van der Waals surface area contributed by atoms with Crippen molar-refractivity contribution in [1.29, 1.82) is 0 Å². The molecule has 3 N–H and O–H groups in total. The lowest BCUT2D eigenvalue weighted by Gasteiger charge is -2.16. The molecule has 0 unspecified atom stereocenters. The molecule has 1 aliphatic rings. The molecule has 0 bridgehead atoms. The highest BCUT2D eigenvalue weighted by atomic mass is 19.1. The number of carbonyl (C=O) groups is 2. The molecule has 3 heterocycles. The van der Waals surface area contributed by atoms with Gasteiger partial charge in [0.15, 0.2) is 0 Å². The quantitative estimate of drug-likeness (QED) is 0.425. The van der Waals surface area contributed by atoms with Crippen LogP contribution in [0.25, 0.3) is 16.9 Å². The second-order valence-electron chi connectivity index (χ2n) is 8.52. The van der Waals surface area contributed by atoms with Crippen LogP contribution in [0.2, 0.25) is 0 Å². The normalized spacial score (nSPS) is 17.4. The summed E-state index contributed by atoms with van der Waals surface area (Å²) in [5.41, 5.74) is 2.77. The molecule has 196 valence electrons. The van der Waals surface area contributed by atoms with Gasteiger partial charge in [0.2, 0.25) is 5.88 Å². The Kier molecular flexibility index (Phi) is 7.99. The summed E-state index contributed by atoms with van der Waals surface area (Å²) in [5.74, 6) is 0.289. The van der Waals surface area contributed by atoms with E-state index in [0.717, 1.165) is 5.69 Å². The van der Waals surface area contributed by atoms with Gasteiger partial charge in [-0.25, -0.2) is 18.9 Å². The SMILES string of the molecule is CNC(=O)c1cc(-c2nn(-c3ccccc3)c(NC(=O)N[C@@H]3CN(CCF)O[C@H]3C)c2C)cnc1OC. The highest BCUT2D eigenvalue weighted by Crippen LogP contribution is 2.32. The number of halogens is 1. The third-order valence-corrected chi connectivity index (χ3v) is 6.08. The Morgan fingerprint density at radius 1 is 1.27 bits per heavy atom. The number of carbonyl (C=O) groups excluding carboxylic acids is 2. The molecule has 1 aliphatic heterocycles. The number of urea groups is 1. The zero-order valence-corrected chi connectivity index (χ0v) is 21.1. The largest absolute Gasteiger partial charge is 0.480 e.